The molecular weight excluding hydrogens is 404 g/mol. The van der Waals surface area contributed by atoms with Crippen molar-refractivity contribution in [3.63, 3.8) is 0 Å². The Kier molecular flexibility index (Phi) is 5.18. The number of carbonyl (C=O) groups is 4. The number of carbonyl (C=O) groups excluding carboxylic acids is 4. The molecule has 3 fully saturated rings. The molecule has 6 nitrogen and oxygen atoms in total. The van der Waals surface area contributed by atoms with Crippen LogP contribution in [0.3, 0.4) is 0 Å². The molecule has 6 atom stereocenters. The minimum Gasteiger partial charge on any atom is -0.354 e. The molecule has 5 rings (SSSR count). The number of ketones is 1. The normalized spacial score (nSPS) is 40.6. The van der Waals surface area contributed by atoms with Crippen molar-refractivity contribution in [3.05, 3.63) is 23.8 Å². The van der Waals surface area contributed by atoms with Crippen LogP contribution in [0.4, 0.5) is 0 Å². The van der Waals surface area contributed by atoms with Gasteiger partial charge in [0.1, 0.15) is 0 Å². The largest absolute Gasteiger partial charge is 0.354 e. The van der Waals surface area contributed by atoms with Crippen LogP contribution in [0.25, 0.3) is 0 Å². The van der Waals surface area contributed by atoms with E-state index >= 15 is 0 Å². The van der Waals surface area contributed by atoms with Crippen molar-refractivity contribution in [2.24, 2.45) is 34.5 Å². The van der Waals surface area contributed by atoms with Gasteiger partial charge in [-0.25, -0.2) is 0 Å². The van der Waals surface area contributed by atoms with Crippen LogP contribution < -0.4 is 5.32 Å². The summed E-state index contributed by atoms with van der Waals surface area (Å²) in [4.78, 5) is 49.8. The van der Waals surface area contributed by atoms with Crippen LogP contribution in [0.2, 0.25) is 0 Å². The van der Waals surface area contributed by atoms with E-state index in [0.717, 1.165) is 44.9 Å². The van der Waals surface area contributed by atoms with Gasteiger partial charge in [0.2, 0.25) is 5.91 Å². The van der Waals surface area contributed by atoms with Gasteiger partial charge in [0, 0.05) is 37.6 Å². The van der Waals surface area contributed by atoms with E-state index in [1.54, 1.807) is 0 Å². The van der Waals surface area contributed by atoms with E-state index in [1.807, 2.05) is 6.08 Å². The van der Waals surface area contributed by atoms with E-state index in [-0.39, 0.29) is 41.0 Å². The van der Waals surface area contributed by atoms with E-state index in [2.05, 4.69) is 19.2 Å². The monoisotopic (exact) mass is 438 g/mol. The zero-order valence-electron chi connectivity index (χ0n) is 19.2. The summed E-state index contributed by atoms with van der Waals surface area (Å²) >= 11 is 0. The lowest BCUT2D eigenvalue weighted by Gasteiger charge is -2.58. The summed E-state index contributed by atoms with van der Waals surface area (Å²) in [5, 5.41) is 3.02. The summed E-state index contributed by atoms with van der Waals surface area (Å²) in [6, 6.07) is 0. The topological polar surface area (TPSA) is 83.6 Å². The first-order valence-corrected chi connectivity index (χ1v) is 12.3. The second kappa shape index (κ2) is 7.67. The third kappa shape index (κ3) is 3.20. The number of hydrogen-bond acceptors (Lipinski definition) is 4. The number of fused-ring (bicyclic) bond motifs is 5. The number of allylic oxidation sites excluding steroid dienone is 1. The Hall–Kier alpha value is -2.24. The Labute approximate surface area is 189 Å². The van der Waals surface area contributed by atoms with Gasteiger partial charge in [-0.1, -0.05) is 19.4 Å². The maximum atomic E-state index is 13.2. The van der Waals surface area contributed by atoms with Crippen LogP contribution in [0.15, 0.2) is 23.8 Å². The first kappa shape index (κ1) is 21.6. The molecule has 32 heavy (non-hydrogen) atoms. The highest BCUT2D eigenvalue weighted by molar-refractivity contribution is 6.12. The Balaban J connectivity index is 1.25. The summed E-state index contributed by atoms with van der Waals surface area (Å²) in [6.45, 7) is 5.24. The summed E-state index contributed by atoms with van der Waals surface area (Å²) < 4.78 is 0. The summed E-state index contributed by atoms with van der Waals surface area (Å²) in [5.41, 5.74) is 1.54. The van der Waals surface area contributed by atoms with Gasteiger partial charge in [-0.15, -0.1) is 0 Å². The van der Waals surface area contributed by atoms with Crippen molar-refractivity contribution >= 4 is 23.5 Å². The zero-order valence-corrected chi connectivity index (χ0v) is 19.2. The highest BCUT2D eigenvalue weighted by Crippen LogP contribution is 2.66. The molecule has 0 bridgehead atoms. The summed E-state index contributed by atoms with van der Waals surface area (Å²) in [5.74, 6) is 1.56. The molecule has 3 amide bonds. The molecule has 1 heterocycles. The van der Waals surface area contributed by atoms with Crippen molar-refractivity contribution in [1.29, 1.82) is 0 Å². The second-order valence-electron chi connectivity index (χ2n) is 11.1. The lowest BCUT2D eigenvalue weighted by Crippen LogP contribution is -2.52. The van der Waals surface area contributed by atoms with E-state index in [0.29, 0.717) is 36.5 Å². The Morgan fingerprint density at radius 3 is 2.50 bits per heavy atom. The number of rotatable bonds is 4. The molecular formula is C26H34N2O4. The van der Waals surface area contributed by atoms with Crippen LogP contribution in [0.5, 0.6) is 0 Å². The third-order valence-electron chi connectivity index (χ3n) is 9.81. The Bertz CT molecular complexity index is 918. The fraction of sp³-hybridized carbons (Fsp3) is 0.692. The number of nitrogens with one attached hydrogen (secondary N) is 1. The smallest absolute Gasteiger partial charge is 0.253 e. The van der Waals surface area contributed by atoms with E-state index in [1.165, 1.54) is 22.6 Å². The SMILES string of the molecule is C[C@]12CC[C@H]3[C@@H](CCC4=CC(=O)CC[C@@]43C)[C@@H]1CC[C@@H]2C(=O)NCCN1C(=O)C=CC1=O. The molecule has 5 aliphatic rings. The minimum absolute atomic E-state index is 0.00534. The number of nitrogens with zero attached hydrogens (tertiary/aromatic N) is 1. The summed E-state index contributed by atoms with van der Waals surface area (Å²) in [7, 11) is 0. The standard InChI is InChI=1S/C26H34N2O4/c1-25-11-9-17(29)15-16(25)3-4-18-19-5-6-21(26(19,2)12-10-20(18)25)24(32)27-13-14-28-22(30)7-8-23(28)31/h7-8,15,18-21H,3-6,9-14H2,1-2H3,(H,27,32)/t18-,19-,20-,21+,25-,26-/m0/s1. The van der Waals surface area contributed by atoms with Crippen molar-refractivity contribution in [1.82, 2.24) is 10.2 Å². The van der Waals surface area contributed by atoms with E-state index in [9.17, 15) is 19.2 Å². The molecule has 4 aliphatic carbocycles. The van der Waals surface area contributed by atoms with E-state index in [4.69, 9.17) is 0 Å². The van der Waals surface area contributed by atoms with Gasteiger partial charge < -0.3 is 5.32 Å². The van der Waals surface area contributed by atoms with Crippen molar-refractivity contribution in [2.75, 3.05) is 13.1 Å². The summed E-state index contributed by atoms with van der Waals surface area (Å²) in [6.07, 6.45) is 12.5. The third-order valence-corrected chi connectivity index (χ3v) is 9.81. The Morgan fingerprint density at radius 1 is 1.00 bits per heavy atom. The maximum Gasteiger partial charge on any atom is 0.253 e. The predicted octanol–water partition coefficient (Wildman–Crippen LogP) is 3.18. The quantitative estimate of drug-likeness (QED) is 0.684. The van der Waals surface area contributed by atoms with Gasteiger partial charge in [-0.3, -0.25) is 24.1 Å². The van der Waals surface area contributed by atoms with Crippen LogP contribution in [0.1, 0.15) is 65.2 Å². The van der Waals surface area contributed by atoms with Gasteiger partial charge in [-0.2, -0.15) is 0 Å². The Morgan fingerprint density at radius 2 is 1.75 bits per heavy atom. The molecule has 0 saturated heterocycles. The van der Waals surface area contributed by atoms with E-state index < -0.39 is 0 Å². The molecule has 0 unspecified atom stereocenters. The van der Waals surface area contributed by atoms with Gasteiger partial charge in [0.25, 0.3) is 11.8 Å². The van der Waals surface area contributed by atoms with Crippen LogP contribution in [-0.2, 0) is 19.2 Å². The van der Waals surface area contributed by atoms with Gasteiger partial charge in [-0.05, 0) is 79.6 Å². The van der Waals surface area contributed by atoms with Crippen molar-refractivity contribution < 1.29 is 19.2 Å². The molecule has 0 radical (unpaired) electrons. The van der Waals surface area contributed by atoms with Gasteiger partial charge in [0.15, 0.2) is 5.78 Å². The van der Waals surface area contributed by atoms with Crippen LogP contribution in [-0.4, -0.2) is 41.5 Å². The fourth-order valence-electron chi connectivity index (χ4n) is 8.06. The molecule has 172 valence electrons. The highest BCUT2D eigenvalue weighted by atomic mass is 16.2. The maximum absolute atomic E-state index is 13.2. The molecule has 3 saturated carbocycles. The number of hydrogen-bond donors (Lipinski definition) is 1. The minimum atomic E-state index is -0.306. The van der Waals surface area contributed by atoms with Crippen LogP contribution in [0, 0.1) is 34.5 Å². The fourth-order valence-corrected chi connectivity index (χ4v) is 8.06. The molecule has 0 spiro atoms. The highest BCUT2D eigenvalue weighted by Gasteiger charge is 2.60. The van der Waals surface area contributed by atoms with Gasteiger partial charge in [0.05, 0.1) is 0 Å². The second-order valence-corrected chi connectivity index (χ2v) is 11.1. The molecule has 0 aromatic rings. The lowest BCUT2D eigenvalue weighted by atomic mass is 9.47. The lowest BCUT2D eigenvalue weighted by molar-refractivity contribution is -0.138. The first-order chi connectivity index (χ1) is 15.2. The average molecular weight is 439 g/mol. The van der Waals surface area contributed by atoms with Crippen molar-refractivity contribution in [2.45, 2.75) is 65.2 Å². The molecule has 0 aromatic heterocycles. The van der Waals surface area contributed by atoms with Gasteiger partial charge >= 0.3 is 0 Å². The zero-order chi connectivity index (χ0) is 22.7. The average Bonchev–Trinajstić information content (AvgIpc) is 3.27. The molecule has 1 N–H and O–H groups in total. The molecule has 1 aliphatic heterocycles. The predicted molar refractivity (Wildman–Crippen MR) is 119 cm³/mol. The van der Waals surface area contributed by atoms with Crippen LogP contribution >= 0.6 is 0 Å². The number of imide groups is 1. The molecule has 6 heteroatoms. The number of amides is 3. The molecule has 0 aromatic carbocycles. The van der Waals surface area contributed by atoms with Crippen molar-refractivity contribution in [3.8, 4) is 0 Å². The first-order valence-electron chi connectivity index (χ1n) is 12.3.